The standard InChI is InChI=1S/C29H34N4O2/c1-18-22(6-4-8-25(18)30-3)23-7-5-9-26(19(23)2)33-28(34)27-14-24(20-10-11-20)21(16-32-27)15-31-17-29(35)12-13-29/h4-9,14,16,20,30-31,35H,10-13,15,17H2,1-3H3,(H,33,34). The number of aliphatic hydroxyl groups is 1. The quantitative estimate of drug-likeness (QED) is 0.347. The van der Waals surface area contributed by atoms with Gasteiger partial charge in [0.05, 0.1) is 5.60 Å². The van der Waals surface area contributed by atoms with Crippen LogP contribution in [0.15, 0.2) is 48.7 Å². The average molecular weight is 471 g/mol. The predicted octanol–water partition coefficient (Wildman–Crippen LogP) is 5.15. The van der Waals surface area contributed by atoms with Crippen molar-refractivity contribution in [3.8, 4) is 11.1 Å². The zero-order chi connectivity index (χ0) is 24.6. The third-order valence-electron chi connectivity index (χ3n) is 7.34. The SMILES string of the molecule is CNc1cccc(-c2cccc(NC(=O)c3cc(C4CC4)c(CNCC4(O)CC4)cn3)c2C)c1C. The number of carbonyl (C=O) groups is 1. The molecule has 3 aromatic rings. The van der Waals surface area contributed by atoms with Crippen molar-refractivity contribution >= 4 is 17.3 Å². The Morgan fingerprint density at radius 1 is 1.06 bits per heavy atom. The van der Waals surface area contributed by atoms with Crippen LogP contribution in [-0.4, -0.2) is 35.2 Å². The van der Waals surface area contributed by atoms with Crippen LogP contribution >= 0.6 is 0 Å². The van der Waals surface area contributed by atoms with Gasteiger partial charge in [-0.3, -0.25) is 9.78 Å². The van der Waals surface area contributed by atoms with Gasteiger partial charge in [-0.25, -0.2) is 0 Å². The molecule has 0 unspecified atom stereocenters. The first-order valence-corrected chi connectivity index (χ1v) is 12.5. The van der Waals surface area contributed by atoms with Crippen molar-refractivity contribution in [1.29, 1.82) is 0 Å². The van der Waals surface area contributed by atoms with E-state index < -0.39 is 5.60 Å². The fraction of sp³-hybridized carbons (Fsp3) is 0.379. The van der Waals surface area contributed by atoms with Crippen molar-refractivity contribution in [3.63, 3.8) is 0 Å². The Bertz CT molecular complexity index is 1260. The summed E-state index contributed by atoms with van der Waals surface area (Å²) in [4.78, 5) is 17.7. The van der Waals surface area contributed by atoms with Crippen LogP contribution in [0.3, 0.4) is 0 Å². The second kappa shape index (κ2) is 9.44. The molecule has 0 saturated heterocycles. The number of aromatic nitrogens is 1. The van der Waals surface area contributed by atoms with Crippen molar-refractivity contribution in [3.05, 3.63) is 76.6 Å². The summed E-state index contributed by atoms with van der Waals surface area (Å²) in [6.07, 6.45) is 5.85. The third kappa shape index (κ3) is 5.09. The second-order valence-electron chi connectivity index (χ2n) is 10.0. The van der Waals surface area contributed by atoms with Gasteiger partial charge in [0.15, 0.2) is 0 Å². The Labute approximate surface area is 207 Å². The van der Waals surface area contributed by atoms with Gasteiger partial charge in [-0.15, -0.1) is 0 Å². The van der Waals surface area contributed by atoms with Gasteiger partial charge >= 0.3 is 0 Å². The largest absolute Gasteiger partial charge is 0.389 e. The molecule has 2 saturated carbocycles. The van der Waals surface area contributed by atoms with Crippen LogP contribution in [0.5, 0.6) is 0 Å². The molecule has 2 aromatic carbocycles. The fourth-order valence-electron chi connectivity index (χ4n) is 4.74. The molecule has 1 aromatic heterocycles. The molecule has 1 amide bonds. The molecular formula is C29H34N4O2. The maximum absolute atomic E-state index is 13.2. The number of carbonyl (C=O) groups excluding carboxylic acids is 1. The zero-order valence-corrected chi connectivity index (χ0v) is 20.7. The van der Waals surface area contributed by atoms with E-state index >= 15 is 0 Å². The highest BCUT2D eigenvalue weighted by Gasteiger charge is 2.39. The summed E-state index contributed by atoms with van der Waals surface area (Å²) in [5, 5.41) is 19.8. The van der Waals surface area contributed by atoms with Gasteiger partial charge in [-0.05, 0) is 97.0 Å². The summed E-state index contributed by atoms with van der Waals surface area (Å²) >= 11 is 0. The molecule has 0 atom stereocenters. The van der Waals surface area contributed by atoms with E-state index in [0.29, 0.717) is 24.7 Å². The Morgan fingerprint density at radius 3 is 2.34 bits per heavy atom. The number of nitrogens with one attached hydrogen (secondary N) is 3. The maximum atomic E-state index is 13.2. The average Bonchev–Trinajstić information content (AvgIpc) is 3.79. The minimum Gasteiger partial charge on any atom is -0.389 e. The second-order valence-corrected chi connectivity index (χ2v) is 10.0. The van der Waals surface area contributed by atoms with E-state index in [1.54, 1.807) is 0 Å². The molecular weight excluding hydrogens is 436 g/mol. The van der Waals surface area contributed by atoms with Crippen molar-refractivity contribution in [2.45, 2.75) is 57.6 Å². The molecule has 2 aliphatic rings. The van der Waals surface area contributed by atoms with Crippen LogP contribution in [0.25, 0.3) is 11.1 Å². The number of benzene rings is 2. The lowest BCUT2D eigenvalue weighted by atomic mass is 9.94. The first-order chi connectivity index (χ1) is 16.9. The molecule has 5 rings (SSSR count). The van der Waals surface area contributed by atoms with E-state index in [1.807, 2.05) is 44.4 Å². The highest BCUT2D eigenvalue weighted by molar-refractivity contribution is 6.04. The molecule has 0 bridgehead atoms. The van der Waals surface area contributed by atoms with Gasteiger partial charge in [0, 0.05) is 37.7 Å². The monoisotopic (exact) mass is 470 g/mol. The highest BCUT2D eigenvalue weighted by Crippen LogP contribution is 2.42. The molecule has 35 heavy (non-hydrogen) atoms. The molecule has 0 spiro atoms. The zero-order valence-electron chi connectivity index (χ0n) is 20.7. The molecule has 2 aliphatic carbocycles. The van der Waals surface area contributed by atoms with E-state index in [-0.39, 0.29) is 5.91 Å². The summed E-state index contributed by atoms with van der Waals surface area (Å²) in [6, 6.07) is 14.2. The van der Waals surface area contributed by atoms with Crippen LogP contribution < -0.4 is 16.0 Å². The van der Waals surface area contributed by atoms with Gasteiger partial charge < -0.3 is 21.1 Å². The van der Waals surface area contributed by atoms with E-state index in [4.69, 9.17) is 0 Å². The first kappa shape index (κ1) is 23.5. The Kier molecular flexibility index (Phi) is 6.34. The number of pyridine rings is 1. The van der Waals surface area contributed by atoms with Gasteiger partial charge in [-0.1, -0.05) is 24.3 Å². The molecule has 182 valence electrons. The number of rotatable bonds is 9. The summed E-state index contributed by atoms with van der Waals surface area (Å²) in [5.41, 5.74) is 8.57. The van der Waals surface area contributed by atoms with Crippen LogP contribution in [0, 0.1) is 13.8 Å². The number of hydrogen-bond donors (Lipinski definition) is 4. The van der Waals surface area contributed by atoms with E-state index in [9.17, 15) is 9.90 Å². The smallest absolute Gasteiger partial charge is 0.274 e. The van der Waals surface area contributed by atoms with Gasteiger partial charge in [0.1, 0.15) is 5.69 Å². The van der Waals surface area contributed by atoms with Crippen LogP contribution in [0.1, 0.15) is 64.3 Å². The lowest BCUT2D eigenvalue weighted by Gasteiger charge is -2.17. The minimum absolute atomic E-state index is 0.195. The van der Waals surface area contributed by atoms with E-state index in [0.717, 1.165) is 59.3 Å². The molecule has 0 aliphatic heterocycles. The minimum atomic E-state index is -0.522. The van der Waals surface area contributed by atoms with Gasteiger partial charge in [0.2, 0.25) is 0 Å². The molecule has 4 N–H and O–H groups in total. The number of hydrogen-bond acceptors (Lipinski definition) is 5. The Hall–Kier alpha value is -3.22. The van der Waals surface area contributed by atoms with Crippen molar-refractivity contribution in [2.75, 3.05) is 24.2 Å². The molecule has 0 radical (unpaired) electrons. The Balaban J connectivity index is 1.35. The normalized spacial score (nSPS) is 16.1. The highest BCUT2D eigenvalue weighted by atomic mass is 16.3. The lowest BCUT2D eigenvalue weighted by Crippen LogP contribution is -2.28. The van der Waals surface area contributed by atoms with Crippen LogP contribution in [0.2, 0.25) is 0 Å². The third-order valence-corrected chi connectivity index (χ3v) is 7.34. The summed E-state index contributed by atoms with van der Waals surface area (Å²) in [5.74, 6) is 0.303. The molecule has 6 heteroatoms. The number of amides is 1. The number of anilines is 2. The van der Waals surface area contributed by atoms with Crippen molar-refractivity contribution in [1.82, 2.24) is 10.3 Å². The van der Waals surface area contributed by atoms with Crippen molar-refractivity contribution < 1.29 is 9.90 Å². The first-order valence-electron chi connectivity index (χ1n) is 12.5. The summed E-state index contributed by atoms with van der Waals surface area (Å²) < 4.78 is 0. The van der Waals surface area contributed by atoms with Crippen molar-refractivity contribution in [2.24, 2.45) is 0 Å². The lowest BCUT2D eigenvalue weighted by molar-refractivity contribution is 0.102. The topological polar surface area (TPSA) is 86.3 Å². The summed E-state index contributed by atoms with van der Waals surface area (Å²) in [7, 11) is 1.93. The molecule has 1 heterocycles. The molecule has 6 nitrogen and oxygen atoms in total. The van der Waals surface area contributed by atoms with E-state index in [2.05, 4.69) is 46.1 Å². The van der Waals surface area contributed by atoms with Gasteiger partial charge in [0.25, 0.3) is 5.91 Å². The predicted molar refractivity (Wildman–Crippen MR) is 141 cm³/mol. The van der Waals surface area contributed by atoms with Gasteiger partial charge in [-0.2, -0.15) is 0 Å². The van der Waals surface area contributed by atoms with Crippen LogP contribution in [0.4, 0.5) is 11.4 Å². The summed E-state index contributed by atoms with van der Waals surface area (Å²) in [6.45, 7) is 5.42. The van der Waals surface area contributed by atoms with E-state index in [1.165, 1.54) is 11.1 Å². The Morgan fingerprint density at radius 2 is 1.71 bits per heavy atom. The fourth-order valence-corrected chi connectivity index (χ4v) is 4.74. The van der Waals surface area contributed by atoms with Crippen LogP contribution in [-0.2, 0) is 6.54 Å². The number of nitrogens with zero attached hydrogens (tertiary/aromatic N) is 1. The molecule has 2 fully saturated rings. The maximum Gasteiger partial charge on any atom is 0.274 e.